The van der Waals surface area contributed by atoms with Gasteiger partial charge in [0.25, 0.3) is 5.56 Å². The maximum atomic E-state index is 12.4. The van der Waals surface area contributed by atoms with E-state index < -0.39 is 0 Å². The number of aromatic nitrogens is 4. The normalized spacial score (nSPS) is 11.6. The molecule has 0 aliphatic rings. The van der Waals surface area contributed by atoms with Crippen LogP contribution in [0.4, 0.5) is 0 Å². The van der Waals surface area contributed by atoms with E-state index in [0.717, 1.165) is 26.6 Å². The van der Waals surface area contributed by atoms with Gasteiger partial charge in [-0.15, -0.1) is 11.3 Å². The Morgan fingerprint density at radius 3 is 2.96 bits per heavy atom. The van der Waals surface area contributed by atoms with Gasteiger partial charge in [-0.3, -0.25) is 9.36 Å². The van der Waals surface area contributed by atoms with Gasteiger partial charge in [0.05, 0.1) is 22.2 Å². The lowest BCUT2D eigenvalue weighted by Gasteiger charge is -2.05. The second-order valence-corrected chi connectivity index (χ2v) is 7.50. The first-order valence-electron chi connectivity index (χ1n) is 7.15. The highest BCUT2D eigenvalue weighted by Crippen LogP contribution is 2.25. The van der Waals surface area contributed by atoms with Gasteiger partial charge >= 0.3 is 0 Å². The van der Waals surface area contributed by atoms with E-state index >= 15 is 0 Å². The Balaban J connectivity index is 1.67. The van der Waals surface area contributed by atoms with Crippen LogP contribution < -0.4 is 5.56 Å². The van der Waals surface area contributed by atoms with Crippen LogP contribution >= 0.6 is 23.1 Å². The van der Waals surface area contributed by atoms with Crippen LogP contribution in [0.3, 0.4) is 0 Å². The lowest BCUT2D eigenvalue weighted by Crippen LogP contribution is -2.19. The summed E-state index contributed by atoms with van der Waals surface area (Å²) in [6.45, 7) is 1.99. The molecule has 0 saturated heterocycles. The van der Waals surface area contributed by atoms with E-state index in [4.69, 9.17) is 0 Å². The fourth-order valence-electron chi connectivity index (χ4n) is 2.50. The average molecular weight is 342 g/mol. The van der Waals surface area contributed by atoms with Crippen LogP contribution in [-0.2, 0) is 12.8 Å². The molecule has 0 radical (unpaired) electrons. The molecule has 0 atom stereocenters. The molecule has 0 fully saturated rings. The van der Waals surface area contributed by atoms with E-state index in [1.807, 2.05) is 37.3 Å². The van der Waals surface area contributed by atoms with Crippen LogP contribution in [-0.4, -0.2) is 19.5 Å². The zero-order valence-electron chi connectivity index (χ0n) is 12.7. The molecule has 0 bridgehead atoms. The molecule has 0 saturated carbocycles. The number of aryl methyl sites for hydroxylation is 1. The van der Waals surface area contributed by atoms with Crippen LogP contribution in [0.15, 0.2) is 40.3 Å². The van der Waals surface area contributed by atoms with Crippen molar-refractivity contribution in [2.45, 2.75) is 17.8 Å². The number of benzene rings is 1. The van der Waals surface area contributed by atoms with E-state index in [9.17, 15) is 4.79 Å². The Morgan fingerprint density at radius 2 is 2.13 bits per heavy atom. The number of hydrogen-bond acceptors (Lipinski definition) is 5. The zero-order chi connectivity index (χ0) is 16.0. The van der Waals surface area contributed by atoms with Gasteiger partial charge in [0.15, 0.2) is 5.16 Å². The van der Waals surface area contributed by atoms with Crippen molar-refractivity contribution in [1.82, 2.24) is 19.5 Å². The molecule has 0 amide bonds. The van der Waals surface area contributed by atoms with E-state index in [1.165, 1.54) is 11.8 Å². The molecular weight excluding hydrogens is 328 g/mol. The summed E-state index contributed by atoms with van der Waals surface area (Å²) in [5.41, 5.74) is 1.98. The second kappa shape index (κ2) is 5.50. The Bertz CT molecular complexity index is 1040. The van der Waals surface area contributed by atoms with E-state index in [2.05, 4.69) is 15.0 Å². The highest BCUT2D eigenvalue weighted by Gasteiger charge is 2.12. The standard InChI is InChI=1S/C16H14N4OS2/c1-9-7-10-14(23-9)19-16(20(2)15(10)21)22-8-13-17-11-5-3-4-6-12(11)18-13/h3-7H,8H2,1-2H3,(H,17,18). The molecule has 0 unspecified atom stereocenters. The second-order valence-electron chi connectivity index (χ2n) is 5.32. The molecule has 0 spiro atoms. The van der Waals surface area contributed by atoms with Crippen LogP contribution in [0.5, 0.6) is 0 Å². The van der Waals surface area contributed by atoms with Gasteiger partial charge in [0.2, 0.25) is 0 Å². The van der Waals surface area contributed by atoms with Gasteiger partial charge in [-0.1, -0.05) is 23.9 Å². The van der Waals surface area contributed by atoms with Gasteiger partial charge in [-0.2, -0.15) is 0 Å². The number of imidazole rings is 1. The Hall–Kier alpha value is -2.12. The number of thioether (sulfide) groups is 1. The van der Waals surface area contributed by atoms with Crippen molar-refractivity contribution in [2.24, 2.45) is 7.05 Å². The number of hydrogen-bond donors (Lipinski definition) is 1. The van der Waals surface area contributed by atoms with Crippen LogP contribution in [0.2, 0.25) is 0 Å². The third-order valence-corrected chi connectivity index (χ3v) is 5.62. The molecule has 0 aliphatic heterocycles. The maximum Gasteiger partial charge on any atom is 0.262 e. The first-order valence-corrected chi connectivity index (χ1v) is 8.95. The molecule has 3 aromatic heterocycles. The number of rotatable bonds is 3. The lowest BCUT2D eigenvalue weighted by molar-refractivity contribution is 0.727. The predicted molar refractivity (Wildman–Crippen MR) is 95.3 cm³/mol. The third-order valence-electron chi connectivity index (χ3n) is 3.63. The maximum absolute atomic E-state index is 12.4. The summed E-state index contributed by atoms with van der Waals surface area (Å²) in [6, 6.07) is 9.84. The quantitative estimate of drug-likeness (QED) is 0.457. The summed E-state index contributed by atoms with van der Waals surface area (Å²) in [5, 5.41) is 1.41. The molecular formula is C16H14N4OS2. The number of aromatic amines is 1. The van der Waals surface area contributed by atoms with Crippen LogP contribution in [0.1, 0.15) is 10.7 Å². The molecule has 7 heteroatoms. The summed E-state index contributed by atoms with van der Waals surface area (Å²) >= 11 is 3.07. The van der Waals surface area contributed by atoms with Gasteiger partial charge in [0.1, 0.15) is 10.7 Å². The minimum Gasteiger partial charge on any atom is -0.341 e. The largest absolute Gasteiger partial charge is 0.341 e. The number of nitrogens with zero attached hydrogens (tertiary/aromatic N) is 3. The molecule has 1 N–H and O–H groups in total. The van der Waals surface area contributed by atoms with Crippen LogP contribution in [0.25, 0.3) is 21.3 Å². The van der Waals surface area contributed by atoms with Crippen molar-refractivity contribution in [3.05, 3.63) is 51.4 Å². The Kier molecular flexibility index (Phi) is 3.46. The minimum atomic E-state index is 0.00598. The molecule has 4 rings (SSSR count). The Labute approximate surface area is 140 Å². The number of thiophene rings is 1. The summed E-state index contributed by atoms with van der Waals surface area (Å²) in [6.07, 6.45) is 0. The topological polar surface area (TPSA) is 63.6 Å². The highest BCUT2D eigenvalue weighted by atomic mass is 32.2. The van der Waals surface area contributed by atoms with E-state index in [0.29, 0.717) is 16.3 Å². The van der Waals surface area contributed by atoms with Gasteiger partial charge < -0.3 is 4.98 Å². The molecule has 1 aromatic carbocycles. The number of H-pyrrole nitrogens is 1. The molecule has 4 aromatic rings. The molecule has 23 heavy (non-hydrogen) atoms. The molecule has 3 heterocycles. The monoisotopic (exact) mass is 342 g/mol. The highest BCUT2D eigenvalue weighted by molar-refractivity contribution is 7.98. The first kappa shape index (κ1) is 14.5. The van der Waals surface area contributed by atoms with Crippen molar-refractivity contribution >= 4 is 44.3 Å². The fraction of sp³-hybridized carbons (Fsp3) is 0.188. The smallest absolute Gasteiger partial charge is 0.262 e. The SMILES string of the molecule is Cc1cc2c(=O)n(C)c(SCc3nc4ccccc4[nH]3)nc2s1. The minimum absolute atomic E-state index is 0.00598. The summed E-state index contributed by atoms with van der Waals surface area (Å²) < 4.78 is 1.61. The predicted octanol–water partition coefficient (Wildman–Crippen LogP) is 3.47. The van der Waals surface area contributed by atoms with Gasteiger partial charge in [-0.05, 0) is 25.1 Å². The number of nitrogens with one attached hydrogen (secondary N) is 1. The summed E-state index contributed by atoms with van der Waals surface area (Å²) in [5.74, 6) is 1.53. The fourth-order valence-corrected chi connectivity index (χ4v) is 4.27. The van der Waals surface area contributed by atoms with Crippen LogP contribution in [0, 0.1) is 6.92 Å². The molecule has 116 valence electrons. The summed E-state index contributed by atoms with van der Waals surface area (Å²) in [7, 11) is 1.77. The van der Waals surface area contributed by atoms with Crippen molar-refractivity contribution in [1.29, 1.82) is 0 Å². The van der Waals surface area contributed by atoms with Crippen molar-refractivity contribution < 1.29 is 0 Å². The number of para-hydroxylation sites is 2. The van der Waals surface area contributed by atoms with E-state index in [-0.39, 0.29) is 5.56 Å². The average Bonchev–Trinajstić information content (AvgIpc) is 3.12. The third kappa shape index (κ3) is 2.55. The zero-order valence-corrected chi connectivity index (χ0v) is 14.3. The van der Waals surface area contributed by atoms with Crippen molar-refractivity contribution in [3.8, 4) is 0 Å². The Morgan fingerprint density at radius 1 is 1.30 bits per heavy atom. The lowest BCUT2D eigenvalue weighted by atomic mass is 10.3. The van der Waals surface area contributed by atoms with E-state index in [1.54, 1.807) is 23.0 Å². The summed E-state index contributed by atoms with van der Waals surface area (Å²) in [4.78, 5) is 26.8. The van der Waals surface area contributed by atoms with Crippen molar-refractivity contribution in [3.63, 3.8) is 0 Å². The van der Waals surface area contributed by atoms with Gasteiger partial charge in [0, 0.05) is 11.9 Å². The van der Waals surface area contributed by atoms with Crippen molar-refractivity contribution in [2.75, 3.05) is 0 Å². The number of fused-ring (bicyclic) bond motifs is 2. The first-order chi connectivity index (χ1) is 11.1. The van der Waals surface area contributed by atoms with Gasteiger partial charge in [-0.25, -0.2) is 9.97 Å². The molecule has 5 nitrogen and oxygen atoms in total. The molecule has 0 aliphatic carbocycles.